The molecule has 4 rings (SSSR count). The Balaban J connectivity index is 1.46. The average molecular weight is 338 g/mol. The highest BCUT2D eigenvalue weighted by Gasteiger charge is 2.30. The minimum Gasteiger partial charge on any atom is -0.317 e. The number of thiophene rings is 1. The molecule has 2 aromatic heterocycles. The monoisotopic (exact) mass is 338 g/mol. The van der Waals surface area contributed by atoms with Gasteiger partial charge in [-0.15, -0.1) is 0 Å². The number of likely N-dealkylation sites (tertiary alicyclic amines) is 1. The Morgan fingerprint density at radius 3 is 2.83 bits per heavy atom. The van der Waals surface area contributed by atoms with Gasteiger partial charge in [0.1, 0.15) is 0 Å². The summed E-state index contributed by atoms with van der Waals surface area (Å²) in [6.07, 6.45) is 3.80. The normalized spacial score (nSPS) is 17.2. The van der Waals surface area contributed by atoms with Gasteiger partial charge in [-0.2, -0.15) is 16.4 Å². The van der Waals surface area contributed by atoms with Crippen molar-refractivity contribution in [1.82, 2.24) is 15.1 Å². The van der Waals surface area contributed by atoms with Crippen LogP contribution in [0.3, 0.4) is 0 Å². The summed E-state index contributed by atoms with van der Waals surface area (Å²) in [6.45, 7) is 0.804. The first-order chi connectivity index (χ1) is 11.8. The maximum Gasteiger partial charge on any atom is 0.322 e. The van der Waals surface area contributed by atoms with E-state index in [4.69, 9.17) is 0 Å². The molecule has 2 amide bonds. The Hall–Kier alpha value is -2.60. The van der Waals surface area contributed by atoms with Crippen LogP contribution < -0.4 is 5.32 Å². The second kappa shape index (κ2) is 6.49. The Morgan fingerprint density at radius 2 is 2.12 bits per heavy atom. The van der Waals surface area contributed by atoms with Gasteiger partial charge in [0, 0.05) is 18.4 Å². The van der Waals surface area contributed by atoms with Gasteiger partial charge in [0.25, 0.3) is 0 Å². The van der Waals surface area contributed by atoms with Gasteiger partial charge in [-0.3, -0.25) is 5.10 Å². The zero-order chi connectivity index (χ0) is 16.4. The third-order valence-corrected chi connectivity index (χ3v) is 5.09. The van der Waals surface area contributed by atoms with Crippen LogP contribution in [0.25, 0.3) is 11.3 Å². The number of nitrogens with one attached hydrogen (secondary N) is 2. The second-order valence-corrected chi connectivity index (χ2v) is 6.67. The van der Waals surface area contributed by atoms with Gasteiger partial charge in [0.15, 0.2) is 0 Å². The summed E-state index contributed by atoms with van der Waals surface area (Å²) in [5, 5.41) is 14.1. The summed E-state index contributed by atoms with van der Waals surface area (Å²) >= 11 is 1.68. The van der Waals surface area contributed by atoms with E-state index in [9.17, 15) is 4.79 Å². The summed E-state index contributed by atoms with van der Waals surface area (Å²) in [5.41, 5.74) is 4.05. The number of carbonyl (C=O) groups is 1. The first kappa shape index (κ1) is 15.0. The number of carbonyl (C=O) groups excluding carboxylic acids is 1. The fourth-order valence-electron chi connectivity index (χ4n) is 3.17. The molecule has 0 saturated carbocycles. The number of benzene rings is 1. The minimum absolute atomic E-state index is 0.0296. The van der Waals surface area contributed by atoms with Crippen LogP contribution in [0, 0.1) is 0 Å². The molecule has 1 unspecified atom stereocenters. The van der Waals surface area contributed by atoms with E-state index < -0.39 is 0 Å². The van der Waals surface area contributed by atoms with Gasteiger partial charge >= 0.3 is 6.03 Å². The van der Waals surface area contributed by atoms with E-state index in [0.29, 0.717) is 0 Å². The smallest absolute Gasteiger partial charge is 0.317 e. The molecule has 1 atom stereocenters. The van der Waals surface area contributed by atoms with Gasteiger partial charge in [0.05, 0.1) is 11.7 Å². The van der Waals surface area contributed by atoms with Crippen LogP contribution in [0.15, 0.2) is 53.4 Å². The zero-order valence-electron chi connectivity index (χ0n) is 13.1. The Kier molecular flexibility index (Phi) is 4.04. The van der Waals surface area contributed by atoms with E-state index >= 15 is 0 Å². The van der Waals surface area contributed by atoms with E-state index in [1.165, 1.54) is 5.56 Å². The van der Waals surface area contributed by atoms with Crippen LogP contribution in [-0.4, -0.2) is 27.7 Å². The number of anilines is 1. The molecule has 3 heterocycles. The number of urea groups is 1. The highest BCUT2D eigenvalue weighted by Crippen LogP contribution is 2.33. The maximum atomic E-state index is 12.6. The quantitative estimate of drug-likeness (QED) is 0.738. The Morgan fingerprint density at radius 1 is 1.25 bits per heavy atom. The van der Waals surface area contributed by atoms with Gasteiger partial charge < -0.3 is 10.2 Å². The van der Waals surface area contributed by atoms with E-state index in [1.54, 1.807) is 17.5 Å². The third-order valence-electron chi connectivity index (χ3n) is 4.39. The van der Waals surface area contributed by atoms with Crippen molar-refractivity contribution in [3.63, 3.8) is 0 Å². The molecule has 5 nitrogen and oxygen atoms in total. The average Bonchev–Trinajstić information content (AvgIpc) is 3.35. The maximum absolute atomic E-state index is 12.6. The van der Waals surface area contributed by atoms with Crippen molar-refractivity contribution >= 4 is 23.1 Å². The van der Waals surface area contributed by atoms with Crippen molar-refractivity contribution in [3.8, 4) is 11.3 Å². The SMILES string of the molecule is O=C(Nc1ccc(-c2ccn[nH]2)cc1)N1CCCC1c1ccsc1. The molecule has 0 spiro atoms. The molecule has 1 aromatic carbocycles. The number of H-pyrrole nitrogens is 1. The third kappa shape index (κ3) is 2.92. The van der Waals surface area contributed by atoms with Crippen molar-refractivity contribution in [2.24, 2.45) is 0 Å². The fraction of sp³-hybridized carbons (Fsp3) is 0.222. The first-order valence-corrected chi connectivity index (χ1v) is 8.95. The van der Waals surface area contributed by atoms with Gasteiger partial charge in [-0.1, -0.05) is 12.1 Å². The van der Waals surface area contributed by atoms with Crippen LogP contribution in [0.4, 0.5) is 10.5 Å². The van der Waals surface area contributed by atoms with Crippen LogP contribution in [0.1, 0.15) is 24.4 Å². The lowest BCUT2D eigenvalue weighted by molar-refractivity contribution is 0.207. The highest BCUT2D eigenvalue weighted by atomic mass is 32.1. The number of amides is 2. The lowest BCUT2D eigenvalue weighted by Gasteiger charge is -2.24. The predicted molar refractivity (Wildman–Crippen MR) is 96.0 cm³/mol. The molecule has 122 valence electrons. The lowest BCUT2D eigenvalue weighted by Crippen LogP contribution is -2.34. The summed E-state index contributed by atoms with van der Waals surface area (Å²) in [4.78, 5) is 14.6. The van der Waals surface area contributed by atoms with Gasteiger partial charge in [-0.05, 0) is 59.0 Å². The second-order valence-electron chi connectivity index (χ2n) is 5.89. The number of aromatic amines is 1. The molecule has 24 heavy (non-hydrogen) atoms. The van der Waals surface area contributed by atoms with Crippen molar-refractivity contribution in [3.05, 3.63) is 58.9 Å². The van der Waals surface area contributed by atoms with Crippen LogP contribution in [0.2, 0.25) is 0 Å². The van der Waals surface area contributed by atoms with E-state index in [2.05, 4.69) is 32.3 Å². The largest absolute Gasteiger partial charge is 0.322 e. The zero-order valence-corrected chi connectivity index (χ0v) is 13.9. The molecule has 1 saturated heterocycles. The summed E-state index contributed by atoms with van der Waals surface area (Å²) < 4.78 is 0. The van der Waals surface area contributed by atoms with Crippen molar-refractivity contribution in [1.29, 1.82) is 0 Å². The molecule has 1 aliphatic heterocycles. The van der Waals surface area contributed by atoms with E-state index in [1.807, 2.05) is 35.2 Å². The highest BCUT2D eigenvalue weighted by molar-refractivity contribution is 7.08. The number of nitrogens with zero attached hydrogens (tertiary/aromatic N) is 2. The molecule has 0 radical (unpaired) electrons. The molecule has 6 heteroatoms. The standard InChI is InChI=1S/C18H18N4OS/c23-18(22-10-1-2-17(22)14-8-11-24-12-14)20-15-5-3-13(4-6-15)16-7-9-19-21-16/h3-9,11-12,17H,1-2,10H2,(H,19,21)(H,20,23). The number of hydrogen-bond acceptors (Lipinski definition) is 3. The molecular formula is C18H18N4OS. The van der Waals surface area contributed by atoms with Crippen molar-refractivity contribution in [2.45, 2.75) is 18.9 Å². The fourth-order valence-corrected chi connectivity index (χ4v) is 3.87. The van der Waals surface area contributed by atoms with E-state index in [-0.39, 0.29) is 12.1 Å². The lowest BCUT2D eigenvalue weighted by atomic mass is 10.1. The van der Waals surface area contributed by atoms with Gasteiger partial charge in [0.2, 0.25) is 0 Å². The van der Waals surface area contributed by atoms with Crippen molar-refractivity contribution < 1.29 is 4.79 Å². The summed E-state index contributed by atoms with van der Waals surface area (Å²) in [6, 6.07) is 12.0. The molecule has 2 N–H and O–H groups in total. The van der Waals surface area contributed by atoms with Crippen molar-refractivity contribution in [2.75, 3.05) is 11.9 Å². The van der Waals surface area contributed by atoms with Crippen LogP contribution in [-0.2, 0) is 0 Å². The van der Waals surface area contributed by atoms with E-state index in [0.717, 1.165) is 36.3 Å². The molecule has 0 aliphatic carbocycles. The summed E-state index contributed by atoms with van der Waals surface area (Å²) in [7, 11) is 0. The summed E-state index contributed by atoms with van der Waals surface area (Å²) in [5.74, 6) is 0. The number of hydrogen-bond donors (Lipinski definition) is 2. The Bertz CT molecular complexity index is 796. The van der Waals surface area contributed by atoms with Gasteiger partial charge in [-0.25, -0.2) is 4.79 Å². The molecule has 0 bridgehead atoms. The number of aromatic nitrogens is 2. The minimum atomic E-state index is -0.0296. The van der Waals surface area contributed by atoms with Crippen LogP contribution >= 0.6 is 11.3 Å². The number of rotatable bonds is 3. The molecule has 1 fully saturated rings. The molecular weight excluding hydrogens is 320 g/mol. The predicted octanol–water partition coefficient (Wildman–Crippen LogP) is 4.51. The first-order valence-electron chi connectivity index (χ1n) is 8.01. The Labute approximate surface area is 144 Å². The topological polar surface area (TPSA) is 61.0 Å². The molecule has 1 aliphatic rings. The molecule has 3 aromatic rings. The van der Waals surface area contributed by atoms with Crippen LogP contribution in [0.5, 0.6) is 0 Å².